The smallest absolute Gasteiger partial charge is 0.244 e. The Hall–Kier alpha value is -1.90. The van der Waals surface area contributed by atoms with E-state index in [0.717, 1.165) is 23.5 Å². The first-order chi connectivity index (χ1) is 14.1. The van der Waals surface area contributed by atoms with E-state index < -0.39 is 10.0 Å². The maximum absolute atomic E-state index is 12.9. The number of carbonyl (C=O) groups is 1. The molecule has 7 nitrogen and oxygen atoms in total. The topological polar surface area (TPSA) is 75.5 Å². The second-order valence-electron chi connectivity index (χ2n) is 8.12. The zero-order valence-corrected chi connectivity index (χ0v) is 19.5. The minimum absolute atomic E-state index is 0.0000819. The van der Waals surface area contributed by atoms with Gasteiger partial charge in [-0.1, -0.05) is 37.6 Å². The first-order valence-electron chi connectivity index (χ1n) is 10.2. The molecule has 0 N–H and O–H groups in total. The molecule has 30 heavy (non-hydrogen) atoms. The number of amides is 1. The maximum Gasteiger partial charge on any atom is 0.244 e. The molecule has 0 saturated carbocycles. The van der Waals surface area contributed by atoms with Gasteiger partial charge in [-0.3, -0.25) is 9.48 Å². The van der Waals surface area contributed by atoms with Gasteiger partial charge in [0.2, 0.25) is 15.9 Å². The predicted molar refractivity (Wildman–Crippen MR) is 117 cm³/mol. The van der Waals surface area contributed by atoms with E-state index in [1.807, 2.05) is 18.5 Å². The van der Waals surface area contributed by atoms with Crippen LogP contribution in [0.1, 0.15) is 30.8 Å². The van der Waals surface area contributed by atoms with Crippen molar-refractivity contribution in [2.75, 3.05) is 26.2 Å². The summed E-state index contributed by atoms with van der Waals surface area (Å²) in [5.41, 5.74) is 2.86. The van der Waals surface area contributed by atoms with Crippen molar-refractivity contribution in [1.82, 2.24) is 19.0 Å². The average Bonchev–Trinajstić information content (AvgIpc) is 2.95. The van der Waals surface area contributed by atoms with Crippen LogP contribution in [0.15, 0.2) is 29.2 Å². The normalized spacial score (nSPS) is 15.7. The second-order valence-corrected chi connectivity index (χ2v) is 10.4. The van der Waals surface area contributed by atoms with Crippen LogP contribution in [-0.4, -0.2) is 59.5 Å². The maximum atomic E-state index is 12.9. The van der Waals surface area contributed by atoms with Gasteiger partial charge in [-0.2, -0.15) is 9.40 Å². The van der Waals surface area contributed by atoms with Crippen LogP contribution in [0.3, 0.4) is 0 Å². The Morgan fingerprint density at radius 3 is 2.37 bits per heavy atom. The standard InChI is InChI=1S/C21H29ClN4O3S/c1-15(2)14-26-17(4)18(16(3)23-26)13-21(27)24-9-11-25(12-10-24)30(28,29)20-8-6-5-7-19(20)22/h5-8,15H,9-14H2,1-4H3. The van der Waals surface area contributed by atoms with E-state index in [9.17, 15) is 13.2 Å². The molecule has 164 valence electrons. The number of sulfonamides is 1. The molecule has 0 unspecified atom stereocenters. The Morgan fingerprint density at radius 1 is 1.13 bits per heavy atom. The number of rotatable bonds is 6. The number of aromatic nitrogens is 2. The molecular formula is C21H29ClN4O3S. The molecule has 1 fully saturated rings. The highest BCUT2D eigenvalue weighted by Crippen LogP contribution is 2.25. The van der Waals surface area contributed by atoms with Crippen molar-refractivity contribution in [3.63, 3.8) is 0 Å². The van der Waals surface area contributed by atoms with E-state index in [4.69, 9.17) is 11.6 Å². The van der Waals surface area contributed by atoms with Crippen LogP contribution in [0.4, 0.5) is 0 Å². The van der Waals surface area contributed by atoms with Gasteiger partial charge in [0.25, 0.3) is 0 Å². The number of nitrogens with zero attached hydrogens (tertiary/aromatic N) is 4. The van der Waals surface area contributed by atoms with Gasteiger partial charge in [0.05, 0.1) is 17.1 Å². The van der Waals surface area contributed by atoms with E-state index in [-0.39, 0.29) is 35.3 Å². The first-order valence-corrected chi connectivity index (χ1v) is 12.0. The summed E-state index contributed by atoms with van der Waals surface area (Å²) in [5, 5.41) is 4.79. The lowest BCUT2D eigenvalue weighted by atomic mass is 10.1. The zero-order chi connectivity index (χ0) is 22.1. The molecule has 0 radical (unpaired) electrons. The third kappa shape index (κ3) is 4.71. The summed E-state index contributed by atoms with van der Waals surface area (Å²) in [6, 6.07) is 6.43. The third-order valence-corrected chi connectivity index (χ3v) is 7.84. The van der Waals surface area contributed by atoms with Crippen LogP contribution in [0.5, 0.6) is 0 Å². The molecule has 1 aliphatic heterocycles. The number of hydrogen-bond acceptors (Lipinski definition) is 4. The van der Waals surface area contributed by atoms with Crippen molar-refractivity contribution < 1.29 is 13.2 Å². The number of halogens is 1. The zero-order valence-electron chi connectivity index (χ0n) is 17.9. The number of piperazine rings is 1. The summed E-state index contributed by atoms with van der Waals surface area (Å²) in [5.74, 6) is 0.472. The fraction of sp³-hybridized carbons (Fsp3) is 0.524. The highest BCUT2D eigenvalue weighted by molar-refractivity contribution is 7.89. The Balaban J connectivity index is 1.65. The SMILES string of the molecule is Cc1nn(CC(C)C)c(C)c1CC(=O)N1CCN(S(=O)(=O)c2ccccc2Cl)CC1. The monoisotopic (exact) mass is 452 g/mol. The van der Waals surface area contributed by atoms with Crippen LogP contribution in [-0.2, 0) is 27.8 Å². The van der Waals surface area contributed by atoms with E-state index >= 15 is 0 Å². The fourth-order valence-electron chi connectivity index (χ4n) is 3.75. The number of carbonyl (C=O) groups excluding carboxylic acids is 1. The second kappa shape index (κ2) is 9.08. The summed E-state index contributed by atoms with van der Waals surface area (Å²) in [6.07, 6.45) is 0.285. The molecule has 9 heteroatoms. The lowest BCUT2D eigenvalue weighted by molar-refractivity contribution is -0.131. The van der Waals surface area contributed by atoms with Gasteiger partial charge in [-0.15, -0.1) is 0 Å². The van der Waals surface area contributed by atoms with Crippen molar-refractivity contribution in [2.24, 2.45) is 5.92 Å². The van der Waals surface area contributed by atoms with Gasteiger partial charge < -0.3 is 4.90 Å². The molecule has 0 aliphatic carbocycles. The van der Waals surface area contributed by atoms with Gasteiger partial charge in [0.15, 0.2) is 0 Å². The molecule has 3 rings (SSSR count). The molecule has 0 spiro atoms. The molecule has 0 bridgehead atoms. The number of benzene rings is 1. The van der Waals surface area contributed by atoms with E-state index in [2.05, 4.69) is 18.9 Å². The highest BCUT2D eigenvalue weighted by atomic mass is 35.5. The van der Waals surface area contributed by atoms with Crippen molar-refractivity contribution in [3.8, 4) is 0 Å². The Labute approximate surface area is 183 Å². The molecule has 1 aromatic heterocycles. The molecule has 1 amide bonds. The summed E-state index contributed by atoms with van der Waals surface area (Å²) < 4.78 is 29.1. The van der Waals surface area contributed by atoms with Crippen molar-refractivity contribution in [3.05, 3.63) is 46.2 Å². The molecule has 1 aromatic carbocycles. The molecule has 0 atom stereocenters. The Bertz CT molecular complexity index is 1020. The molecule has 1 aliphatic rings. The number of hydrogen-bond donors (Lipinski definition) is 0. The highest BCUT2D eigenvalue weighted by Gasteiger charge is 2.31. The Morgan fingerprint density at radius 2 is 1.77 bits per heavy atom. The van der Waals surface area contributed by atoms with Crippen LogP contribution < -0.4 is 0 Å². The van der Waals surface area contributed by atoms with Gasteiger partial charge in [-0.05, 0) is 31.9 Å². The lowest BCUT2D eigenvalue weighted by Gasteiger charge is -2.34. The Kier molecular flexibility index (Phi) is 6.89. The number of aryl methyl sites for hydroxylation is 1. The minimum Gasteiger partial charge on any atom is -0.340 e. The van der Waals surface area contributed by atoms with Crippen LogP contribution in [0.25, 0.3) is 0 Å². The van der Waals surface area contributed by atoms with Crippen molar-refractivity contribution in [2.45, 2.75) is 45.6 Å². The van der Waals surface area contributed by atoms with Gasteiger partial charge >= 0.3 is 0 Å². The molecule has 1 saturated heterocycles. The molecule has 2 heterocycles. The van der Waals surface area contributed by atoms with Crippen LogP contribution in [0.2, 0.25) is 5.02 Å². The third-order valence-electron chi connectivity index (χ3n) is 5.44. The van der Waals surface area contributed by atoms with E-state index in [1.54, 1.807) is 23.1 Å². The van der Waals surface area contributed by atoms with Crippen molar-refractivity contribution >= 4 is 27.5 Å². The van der Waals surface area contributed by atoms with Crippen molar-refractivity contribution in [1.29, 1.82) is 0 Å². The van der Waals surface area contributed by atoms with Crippen LogP contribution >= 0.6 is 11.6 Å². The predicted octanol–water partition coefficient (Wildman–Crippen LogP) is 2.88. The fourth-order valence-corrected chi connectivity index (χ4v) is 5.66. The van der Waals surface area contributed by atoms with E-state index in [1.165, 1.54) is 10.4 Å². The summed E-state index contributed by atoms with van der Waals surface area (Å²) in [7, 11) is -3.67. The average molecular weight is 453 g/mol. The summed E-state index contributed by atoms with van der Waals surface area (Å²) in [4.78, 5) is 14.7. The van der Waals surface area contributed by atoms with Gasteiger partial charge in [-0.25, -0.2) is 8.42 Å². The summed E-state index contributed by atoms with van der Waals surface area (Å²) >= 11 is 6.08. The lowest BCUT2D eigenvalue weighted by Crippen LogP contribution is -2.50. The first kappa shape index (κ1) is 22.8. The van der Waals surface area contributed by atoms with Crippen LogP contribution in [0, 0.1) is 19.8 Å². The molecule has 2 aromatic rings. The quantitative estimate of drug-likeness (QED) is 0.675. The largest absolute Gasteiger partial charge is 0.340 e. The van der Waals surface area contributed by atoms with Gasteiger partial charge in [0.1, 0.15) is 4.90 Å². The van der Waals surface area contributed by atoms with Gasteiger partial charge in [0, 0.05) is 44.0 Å². The summed E-state index contributed by atoms with van der Waals surface area (Å²) in [6.45, 7) is 10.3. The minimum atomic E-state index is -3.67. The molecular weight excluding hydrogens is 424 g/mol. The van der Waals surface area contributed by atoms with E-state index in [0.29, 0.717) is 19.0 Å².